The van der Waals surface area contributed by atoms with Crippen molar-refractivity contribution in [2.45, 2.75) is 120 Å². The van der Waals surface area contributed by atoms with E-state index < -0.39 is 29.6 Å². The van der Waals surface area contributed by atoms with Gasteiger partial charge in [0.15, 0.2) is 5.16 Å². The van der Waals surface area contributed by atoms with Crippen LogP contribution in [-0.2, 0) is 22.7 Å². The minimum Gasteiger partial charge on any atom is -0.444 e. The number of aryl methyl sites for hydroxylation is 1. The van der Waals surface area contributed by atoms with E-state index >= 15 is 4.39 Å². The number of hydrogen-bond donors (Lipinski definition) is 4. The monoisotopic (exact) mass is 801 g/mol. The van der Waals surface area contributed by atoms with E-state index in [-0.39, 0.29) is 21.2 Å². The molecule has 0 aliphatic carbocycles. The van der Waals surface area contributed by atoms with Crippen LogP contribution in [-0.4, -0.2) is 51.8 Å². The summed E-state index contributed by atoms with van der Waals surface area (Å²) in [7, 11) is 0. The van der Waals surface area contributed by atoms with Crippen molar-refractivity contribution < 1.29 is 27.4 Å². The number of thiophene rings is 1. The fourth-order valence-electron chi connectivity index (χ4n) is 5.34. The number of carbonyl (C=O) groups excluding carboxylic acids is 1. The molecule has 4 N–H and O–H groups in total. The summed E-state index contributed by atoms with van der Waals surface area (Å²) < 4.78 is 49.8. The number of aromatic nitrogens is 2. The average molecular weight is 802 g/mol. The van der Waals surface area contributed by atoms with Gasteiger partial charge in [0.1, 0.15) is 28.3 Å². The SMILES string of the molecule is CC.CC(C)C(=N)C(F)F.CCC.CCSc1nc(NCC(C)=N)c2c3c(c(-c4ccc(F)c5sc(NC(=O)OC(C)(C)C)c(C#N)c45)c(C)c2n1)COC3. The van der Waals surface area contributed by atoms with Crippen LogP contribution in [0.4, 0.5) is 28.8 Å². The van der Waals surface area contributed by atoms with E-state index in [0.717, 1.165) is 50.2 Å². The molecule has 1 aliphatic rings. The fraction of sp³-hybridized carbons (Fsp3) is 0.500. The highest BCUT2D eigenvalue weighted by molar-refractivity contribution is 7.99. The molecule has 0 bridgehead atoms. The summed E-state index contributed by atoms with van der Waals surface area (Å²) in [5.41, 5.74) is 4.29. The van der Waals surface area contributed by atoms with Crippen LogP contribution in [0.15, 0.2) is 17.3 Å². The van der Waals surface area contributed by atoms with Crippen molar-refractivity contribution in [3.05, 3.63) is 40.2 Å². The Bertz CT molecular complexity index is 2030. The predicted molar refractivity (Wildman–Crippen MR) is 222 cm³/mol. The number of carbonyl (C=O) groups is 1. The molecule has 0 fully saturated rings. The first kappa shape index (κ1) is 46.9. The summed E-state index contributed by atoms with van der Waals surface area (Å²) in [6, 6.07) is 5.26. The lowest BCUT2D eigenvalue weighted by Gasteiger charge is -2.19. The van der Waals surface area contributed by atoms with E-state index in [2.05, 4.69) is 30.6 Å². The highest BCUT2D eigenvalue weighted by Crippen LogP contribution is 2.48. The maximum absolute atomic E-state index is 15.3. The number of ether oxygens (including phenoxy) is 2. The highest BCUT2D eigenvalue weighted by Gasteiger charge is 2.30. The molecule has 1 amide bonds. The second kappa shape index (κ2) is 21.2. The zero-order valence-corrected chi connectivity index (χ0v) is 35.5. The predicted octanol–water partition coefficient (Wildman–Crippen LogP) is 12.1. The summed E-state index contributed by atoms with van der Waals surface area (Å²) >= 11 is 2.52. The summed E-state index contributed by atoms with van der Waals surface area (Å²) in [4.78, 5) is 22.3. The summed E-state index contributed by atoms with van der Waals surface area (Å²) in [5, 5.41) is 32.9. The molecule has 1 aliphatic heterocycles. The van der Waals surface area contributed by atoms with Crippen molar-refractivity contribution in [1.29, 1.82) is 16.1 Å². The van der Waals surface area contributed by atoms with E-state index in [1.165, 1.54) is 24.2 Å². The smallest absolute Gasteiger partial charge is 0.412 e. The first-order valence-corrected chi connectivity index (χ1v) is 20.1. The van der Waals surface area contributed by atoms with E-state index in [1.807, 2.05) is 27.7 Å². The maximum Gasteiger partial charge on any atom is 0.412 e. The Hall–Kier alpha value is -4.26. The molecule has 2 aromatic heterocycles. The van der Waals surface area contributed by atoms with Crippen LogP contribution in [0.3, 0.4) is 0 Å². The molecule has 2 aromatic carbocycles. The zero-order valence-electron chi connectivity index (χ0n) is 33.9. The van der Waals surface area contributed by atoms with E-state index in [1.54, 1.807) is 47.6 Å². The van der Waals surface area contributed by atoms with E-state index in [9.17, 15) is 18.8 Å². The molecule has 10 nitrogen and oxygen atoms in total. The topological polar surface area (TPSA) is 157 Å². The van der Waals surface area contributed by atoms with Crippen LogP contribution >= 0.6 is 23.1 Å². The molecule has 55 heavy (non-hydrogen) atoms. The maximum atomic E-state index is 15.3. The molecule has 0 saturated heterocycles. The van der Waals surface area contributed by atoms with Gasteiger partial charge in [0, 0.05) is 16.5 Å². The average Bonchev–Trinajstić information content (AvgIpc) is 3.74. The number of nitriles is 1. The molecule has 0 unspecified atom stereocenters. The number of fused-ring (bicyclic) bond motifs is 4. The number of nitrogens with zero attached hydrogens (tertiary/aromatic N) is 3. The van der Waals surface area contributed by atoms with Crippen LogP contribution in [0, 0.1) is 40.8 Å². The lowest BCUT2D eigenvalue weighted by molar-refractivity contribution is 0.0636. The number of alkyl halides is 2. The number of amides is 1. The van der Waals surface area contributed by atoms with Gasteiger partial charge in [-0.25, -0.2) is 27.9 Å². The molecule has 0 saturated carbocycles. The summed E-state index contributed by atoms with van der Waals surface area (Å²) in [5.74, 6) is 0.604. The lowest BCUT2D eigenvalue weighted by Crippen LogP contribution is -2.27. The van der Waals surface area contributed by atoms with Crippen LogP contribution in [0.2, 0.25) is 0 Å². The molecule has 300 valence electrons. The molecule has 3 heterocycles. The minimum absolute atomic E-state index is 0.163. The van der Waals surface area contributed by atoms with E-state index in [0.29, 0.717) is 47.4 Å². The van der Waals surface area contributed by atoms with Gasteiger partial charge in [-0.15, -0.1) is 11.3 Å². The number of anilines is 2. The molecule has 15 heteroatoms. The molecule has 0 radical (unpaired) electrons. The van der Waals surface area contributed by atoms with Crippen molar-refractivity contribution in [1.82, 2.24) is 9.97 Å². The second-order valence-corrected chi connectivity index (χ2v) is 15.8. The molecule has 0 spiro atoms. The summed E-state index contributed by atoms with van der Waals surface area (Å²) in [6.45, 7) is 23.4. The Morgan fingerprint density at radius 2 is 1.73 bits per heavy atom. The fourth-order valence-corrected chi connectivity index (χ4v) is 6.98. The van der Waals surface area contributed by atoms with Gasteiger partial charge in [-0.2, -0.15) is 5.26 Å². The first-order valence-electron chi connectivity index (χ1n) is 18.3. The standard InChI is InChI=1S/C30H31FN6O3S2.C5H9F2N.C3H8.C2H6/c1-7-41-28-35-24-15(3)21(18-12-39-13-19(18)23(24)26(36-28)34-11-14(2)33)16-8-9-20(31)25-22(16)17(10-32)27(42-25)37-29(38)40-30(4,5)6;1-3(2)4(8)5(6)7;1-3-2;1-2/h8-9,33H,7,11-13H2,1-6H3,(H,37,38)(H,34,35,36);3,5,8H,1-2H3;3H2,1-2H3;1-2H3. The third-order valence-electron chi connectivity index (χ3n) is 7.52. The quantitative estimate of drug-likeness (QED) is 0.0740. The van der Waals surface area contributed by atoms with Crippen LogP contribution in [0.25, 0.3) is 32.1 Å². The van der Waals surface area contributed by atoms with Crippen molar-refractivity contribution >= 4 is 72.4 Å². The largest absolute Gasteiger partial charge is 0.444 e. The van der Waals surface area contributed by atoms with Gasteiger partial charge >= 0.3 is 6.09 Å². The third-order valence-corrected chi connectivity index (χ3v) is 9.36. The molecule has 4 aromatic rings. The Labute approximate surface area is 331 Å². The second-order valence-electron chi connectivity index (χ2n) is 13.6. The van der Waals surface area contributed by atoms with Crippen molar-refractivity contribution in [3.63, 3.8) is 0 Å². The Morgan fingerprint density at radius 3 is 2.24 bits per heavy atom. The molecule has 0 atom stereocenters. The highest BCUT2D eigenvalue weighted by atomic mass is 32.2. The number of rotatable bonds is 9. The van der Waals surface area contributed by atoms with Gasteiger partial charge in [0.05, 0.1) is 41.3 Å². The van der Waals surface area contributed by atoms with E-state index in [4.69, 9.17) is 30.3 Å². The van der Waals surface area contributed by atoms with Crippen molar-refractivity contribution in [2.75, 3.05) is 22.9 Å². The normalized spacial score (nSPS) is 11.8. The first-order chi connectivity index (χ1) is 25.9. The van der Waals surface area contributed by atoms with Crippen LogP contribution in [0.1, 0.15) is 105 Å². The molecule has 5 rings (SSSR count). The molecular weight excluding hydrogens is 748 g/mol. The van der Waals surface area contributed by atoms with Gasteiger partial charge in [-0.1, -0.05) is 72.7 Å². The zero-order chi connectivity index (χ0) is 41.8. The Kier molecular flexibility index (Phi) is 18.0. The Balaban J connectivity index is 0.000000699. The Morgan fingerprint density at radius 1 is 1.11 bits per heavy atom. The van der Waals surface area contributed by atoms with Gasteiger partial charge in [0.25, 0.3) is 6.43 Å². The molecular formula is C40H54F3N7O3S2. The van der Waals surface area contributed by atoms with Crippen molar-refractivity contribution in [2.24, 2.45) is 5.92 Å². The number of hydrogen-bond acceptors (Lipinski definition) is 11. The minimum atomic E-state index is -2.57. The lowest BCUT2D eigenvalue weighted by atomic mass is 9.87. The van der Waals surface area contributed by atoms with Crippen LogP contribution in [0.5, 0.6) is 0 Å². The van der Waals surface area contributed by atoms with Crippen LogP contribution < -0.4 is 10.6 Å². The third kappa shape index (κ3) is 11.9. The van der Waals surface area contributed by atoms with Gasteiger partial charge in [0.2, 0.25) is 0 Å². The van der Waals surface area contributed by atoms with Gasteiger partial charge in [-0.05, 0) is 80.2 Å². The number of benzene rings is 2. The van der Waals surface area contributed by atoms with Gasteiger partial charge < -0.3 is 25.6 Å². The summed E-state index contributed by atoms with van der Waals surface area (Å²) in [6.07, 6.45) is -2.04. The van der Waals surface area contributed by atoms with Gasteiger partial charge in [-0.3, -0.25) is 5.32 Å². The number of halogens is 3. The number of nitrogens with one attached hydrogen (secondary N) is 4. The van der Waals surface area contributed by atoms with Crippen molar-refractivity contribution in [3.8, 4) is 17.2 Å². The number of thioether (sulfide) groups is 1.